The fraction of sp³-hybridized carbons (Fsp3) is 0.333. The van der Waals surface area contributed by atoms with Gasteiger partial charge in [0.1, 0.15) is 5.75 Å². The van der Waals surface area contributed by atoms with Gasteiger partial charge >= 0.3 is 8.25 Å². The van der Waals surface area contributed by atoms with Crippen LogP contribution in [-0.4, -0.2) is 29.4 Å². The van der Waals surface area contributed by atoms with E-state index in [1.165, 1.54) is 0 Å². The SMILES string of the molecule is CC(Cc1ccc(OCO[P+](=O)O)cc1)NCC(O)c1cccc(Cl)c1. The average Bonchev–Trinajstić information content (AvgIpc) is 2.61. The van der Waals surface area contributed by atoms with Gasteiger partial charge in [-0.1, -0.05) is 40.4 Å². The van der Waals surface area contributed by atoms with Gasteiger partial charge in [0.15, 0.2) is 0 Å². The Morgan fingerprint density at radius 2 is 1.96 bits per heavy atom. The zero-order valence-electron chi connectivity index (χ0n) is 14.3. The Labute approximate surface area is 158 Å². The van der Waals surface area contributed by atoms with E-state index in [0.717, 1.165) is 17.5 Å². The van der Waals surface area contributed by atoms with Gasteiger partial charge in [-0.25, -0.2) is 0 Å². The van der Waals surface area contributed by atoms with Gasteiger partial charge in [-0.15, -0.1) is 4.89 Å². The van der Waals surface area contributed by atoms with Crippen LogP contribution in [0.2, 0.25) is 5.02 Å². The van der Waals surface area contributed by atoms with Crippen molar-refractivity contribution in [3.05, 3.63) is 64.7 Å². The molecule has 26 heavy (non-hydrogen) atoms. The van der Waals surface area contributed by atoms with Crippen LogP contribution in [0.5, 0.6) is 5.75 Å². The van der Waals surface area contributed by atoms with E-state index in [4.69, 9.17) is 21.2 Å². The minimum Gasteiger partial charge on any atom is -0.463 e. The van der Waals surface area contributed by atoms with Crippen LogP contribution in [0.1, 0.15) is 24.2 Å². The second-order valence-corrected chi connectivity index (χ2v) is 7.03. The Bertz CT molecular complexity index is 713. The normalized spacial score (nSPS) is 13.9. The number of rotatable bonds is 10. The van der Waals surface area contributed by atoms with Crippen molar-refractivity contribution in [3.8, 4) is 5.75 Å². The van der Waals surface area contributed by atoms with Gasteiger partial charge in [-0.05, 0) is 48.7 Å². The molecule has 0 aliphatic rings. The predicted molar refractivity (Wildman–Crippen MR) is 100 cm³/mol. The summed E-state index contributed by atoms with van der Waals surface area (Å²) in [5.41, 5.74) is 1.88. The molecule has 3 atom stereocenters. The van der Waals surface area contributed by atoms with Crippen LogP contribution >= 0.6 is 19.9 Å². The first kappa shape index (κ1) is 20.8. The molecule has 0 fully saturated rings. The summed E-state index contributed by atoms with van der Waals surface area (Å²) in [6, 6.07) is 14.7. The average molecular weight is 399 g/mol. The lowest BCUT2D eigenvalue weighted by Gasteiger charge is -2.18. The molecule has 8 heteroatoms. The molecule has 6 nitrogen and oxygen atoms in total. The molecule has 0 spiro atoms. The zero-order valence-corrected chi connectivity index (χ0v) is 16.0. The van der Waals surface area contributed by atoms with Crippen molar-refractivity contribution in [2.24, 2.45) is 0 Å². The number of benzene rings is 2. The maximum absolute atomic E-state index is 10.4. The smallest absolute Gasteiger partial charge is 0.463 e. The molecule has 0 amide bonds. The van der Waals surface area contributed by atoms with Crippen LogP contribution in [0.3, 0.4) is 0 Å². The first-order valence-corrected chi connectivity index (χ1v) is 9.62. The second-order valence-electron chi connectivity index (χ2n) is 5.86. The third kappa shape index (κ3) is 7.38. The summed E-state index contributed by atoms with van der Waals surface area (Å²) in [6.45, 7) is 2.20. The van der Waals surface area contributed by atoms with Gasteiger partial charge in [0.2, 0.25) is 6.79 Å². The Hall–Kier alpha value is -1.53. The maximum atomic E-state index is 10.4. The topological polar surface area (TPSA) is 88.0 Å². The number of ether oxygens (including phenoxy) is 1. The van der Waals surface area contributed by atoms with Crippen LogP contribution in [0.4, 0.5) is 0 Å². The molecule has 0 heterocycles. The van der Waals surface area contributed by atoms with Gasteiger partial charge in [0.05, 0.1) is 6.10 Å². The molecule has 3 unspecified atom stereocenters. The number of hydrogen-bond acceptors (Lipinski definition) is 5. The van der Waals surface area contributed by atoms with E-state index in [2.05, 4.69) is 9.84 Å². The van der Waals surface area contributed by atoms with Gasteiger partial charge in [-0.3, -0.25) is 0 Å². The van der Waals surface area contributed by atoms with Crippen molar-refractivity contribution >= 4 is 19.9 Å². The molecule has 0 saturated heterocycles. The fourth-order valence-corrected chi connectivity index (χ4v) is 2.77. The van der Waals surface area contributed by atoms with E-state index in [1.54, 1.807) is 24.3 Å². The number of aliphatic hydroxyl groups excluding tert-OH is 1. The molecule has 0 bridgehead atoms. The van der Waals surface area contributed by atoms with Gasteiger partial charge in [0, 0.05) is 22.2 Å². The van der Waals surface area contributed by atoms with Crippen molar-refractivity contribution in [1.29, 1.82) is 0 Å². The summed E-state index contributed by atoms with van der Waals surface area (Å²) in [5.74, 6) is 0.558. The van der Waals surface area contributed by atoms with E-state index in [1.807, 2.05) is 31.2 Å². The molecule has 2 aromatic rings. The summed E-state index contributed by atoms with van der Waals surface area (Å²) in [5, 5.41) is 14.1. The number of nitrogens with one attached hydrogen (secondary N) is 1. The standard InChI is InChI=1S/C18H21ClNO5P/c1-13(20-11-18(21)15-3-2-4-16(19)10-15)9-14-5-7-17(8-6-14)24-12-25-26(22)23/h2-8,10,13,18,20-21H,9,11-12H2,1H3/p+1. The summed E-state index contributed by atoms with van der Waals surface area (Å²) in [7, 11) is -2.65. The Morgan fingerprint density at radius 1 is 1.23 bits per heavy atom. The molecular weight excluding hydrogens is 377 g/mol. The van der Waals surface area contributed by atoms with Crippen LogP contribution in [-0.2, 0) is 15.5 Å². The van der Waals surface area contributed by atoms with E-state index < -0.39 is 14.4 Å². The summed E-state index contributed by atoms with van der Waals surface area (Å²) >= 11 is 5.94. The monoisotopic (exact) mass is 398 g/mol. The van der Waals surface area contributed by atoms with E-state index >= 15 is 0 Å². The predicted octanol–water partition coefficient (Wildman–Crippen LogP) is 3.60. The third-order valence-corrected chi connectivity index (χ3v) is 4.31. The summed E-state index contributed by atoms with van der Waals surface area (Å²) in [6.07, 6.45) is 0.159. The fourth-order valence-electron chi connectivity index (χ4n) is 2.43. The molecule has 0 radical (unpaired) electrons. The molecular formula is C18H22ClNO5P+. The van der Waals surface area contributed by atoms with Gasteiger partial charge < -0.3 is 15.2 Å². The molecule has 3 N–H and O–H groups in total. The van der Waals surface area contributed by atoms with Crippen LogP contribution in [0.25, 0.3) is 0 Å². The largest absolute Gasteiger partial charge is 0.698 e. The lowest BCUT2D eigenvalue weighted by molar-refractivity contribution is 0.115. The van der Waals surface area contributed by atoms with Gasteiger partial charge in [0.25, 0.3) is 0 Å². The Kier molecular flexibility index (Phi) is 8.45. The van der Waals surface area contributed by atoms with Crippen molar-refractivity contribution < 1.29 is 23.8 Å². The highest BCUT2D eigenvalue weighted by molar-refractivity contribution is 7.32. The summed E-state index contributed by atoms with van der Waals surface area (Å²) in [4.78, 5) is 8.53. The van der Waals surface area contributed by atoms with E-state index in [9.17, 15) is 9.67 Å². The maximum Gasteiger partial charge on any atom is 0.698 e. The Balaban J connectivity index is 1.76. The molecule has 140 valence electrons. The molecule has 2 aromatic carbocycles. The van der Waals surface area contributed by atoms with Gasteiger partial charge in [-0.2, -0.15) is 0 Å². The van der Waals surface area contributed by atoms with Crippen molar-refractivity contribution in [2.75, 3.05) is 13.3 Å². The van der Waals surface area contributed by atoms with Crippen LogP contribution in [0, 0.1) is 0 Å². The third-order valence-electron chi connectivity index (χ3n) is 3.75. The highest BCUT2D eigenvalue weighted by atomic mass is 35.5. The molecule has 0 aromatic heterocycles. The minimum absolute atomic E-state index is 0.164. The van der Waals surface area contributed by atoms with Crippen molar-refractivity contribution in [1.82, 2.24) is 5.32 Å². The lowest BCUT2D eigenvalue weighted by Crippen LogP contribution is -2.32. The molecule has 0 aliphatic carbocycles. The van der Waals surface area contributed by atoms with Crippen molar-refractivity contribution in [3.63, 3.8) is 0 Å². The molecule has 0 saturated carbocycles. The first-order valence-electron chi connectivity index (χ1n) is 8.11. The van der Waals surface area contributed by atoms with E-state index in [-0.39, 0.29) is 12.8 Å². The van der Waals surface area contributed by atoms with Crippen LogP contribution < -0.4 is 10.1 Å². The second kappa shape index (κ2) is 10.6. The zero-order chi connectivity index (χ0) is 18.9. The number of hydrogen-bond donors (Lipinski definition) is 3. The lowest BCUT2D eigenvalue weighted by atomic mass is 10.1. The highest BCUT2D eigenvalue weighted by Crippen LogP contribution is 2.19. The van der Waals surface area contributed by atoms with E-state index in [0.29, 0.717) is 17.3 Å². The number of halogens is 1. The quantitative estimate of drug-likeness (QED) is 0.418. The first-order chi connectivity index (χ1) is 12.4. The minimum atomic E-state index is -2.65. The molecule has 2 rings (SSSR count). The summed E-state index contributed by atoms with van der Waals surface area (Å²) < 4.78 is 20.0. The highest BCUT2D eigenvalue weighted by Gasteiger charge is 2.12. The number of aliphatic hydroxyl groups is 1. The molecule has 0 aliphatic heterocycles. The van der Waals surface area contributed by atoms with Crippen LogP contribution in [0.15, 0.2) is 48.5 Å². The Morgan fingerprint density at radius 3 is 2.62 bits per heavy atom. The van der Waals surface area contributed by atoms with Crippen molar-refractivity contribution in [2.45, 2.75) is 25.5 Å².